The summed E-state index contributed by atoms with van der Waals surface area (Å²) in [5, 5.41) is 26.0. The van der Waals surface area contributed by atoms with Crippen molar-refractivity contribution in [3.63, 3.8) is 0 Å². The summed E-state index contributed by atoms with van der Waals surface area (Å²) < 4.78 is 0. The average molecular weight is 458 g/mol. The Labute approximate surface area is 198 Å². The fourth-order valence-corrected chi connectivity index (χ4v) is 4.83. The highest BCUT2D eigenvalue weighted by atomic mass is 16.3. The van der Waals surface area contributed by atoms with E-state index in [0.717, 1.165) is 37.1 Å². The smallest absolute Gasteiger partial charge is 0.238 e. The normalized spacial score (nSPS) is 15.6. The van der Waals surface area contributed by atoms with Crippen LogP contribution in [0.3, 0.4) is 0 Å². The second-order valence-electron chi connectivity index (χ2n) is 8.85. The summed E-state index contributed by atoms with van der Waals surface area (Å²) in [6.07, 6.45) is 1.65. The number of nitrogens with zero attached hydrogens (tertiary/aromatic N) is 1. The molecule has 0 saturated carbocycles. The van der Waals surface area contributed by atoms with Crippen LogP contribution in [0.15, 0.2) is 60.7 Å². The van der Waals surface area contributed by atoms with Gasteiger partial charge >= 0.3 is 0 Å². The second kappa shape index (κ2) is 9.29. The van der Waals surface area contributed by atoms with E-state index in [-0.39, 0.29) is 36.6 Å². The maximum atomic E-state index is 12.7. The van der Waals surface area contributed by atoms with Crippen LogP contribution in [0.2, 0.25) is 0 Å². The molecule has 34 heavy (non-hydrogen) atoms. The van der Waals surface area contributed by atoms with Crippen LogP contribution in [-0.2, 0) is 11.4 Å². The van der Waals surface area contributed by atoms with Crippen LogP contribution in [0.5, 0.6) is 5.75 Å². The molecule has 0 atom stereocenters. The lowest BCUT2D eigenvalue weighted by Gasteiger charge is -2.32. The molecule has 3 aromatic rings. The lowest BCUT2D eigenvalue weighted by atomic mass is 10.0. The van der Waals surface area contributed by atoms with Gasteiger partial charge in [0.1, 0.15) is 5.75 Å². The van der Waals surface area contributed by atoms with Crippen LogP contribution in [0.1, 0.15) is 34.3 Å². The van der Waals surface area contributed by atoms with E-state index in [1.54, 1.807) is 30.3 Å². The number of aliphatic hydroxyl groups excluding tert-OH is 1. The second-order valence-corrected chi connectivity index (χ2v) is 8.85. The monoisotopic (exact) mass is 457 g/mol. The molecule has 7 heteroatoms. The Morgan fingerprint density at radius 1 is 0.941 bits per heavy atom. The summed E-state index contributed by atoms with van der Waals surface area (Å²) in [5.74, 6) is 0.0640. The third-order valence-corrected chi connectivity index (χ3v) is 6.61. The summed E-state index contributed by atoms with van der Waals surface area (Å²) >= 11 is 0. The molecule has 174 valence electrons. The quantitative estimate of drug-likeness (QED) is 0.330. The first-order chi connectivity index (χ1) is 16.5. The van der Waals surface area contributed by atoms with Gasteiger partial charge in [0.25, 0.3) is 0 Å². The Bertz CT molecular complexity index is 1250. The van der Waals surface area contributed by atoms with Crippen molar-refractivity contribution in [3.8, 4) is 16.9 Å². The molecule has 5 rings (SSSR count). The fraction of sp³-hybridized carbons (Fsp3) is 0.259. The number of rotatable bonds is 6. The van der Waals surface area contributed by atoms with Crippen LogP contribution in [0.4, 0.5) is 11.4 Å². The van der Waals surface area contributed by atoms with Gasteiger partial charge in [-0.3, -0.25) is 14.5 Å². The molecule has 1 aliphatic heterocycles. The van der Waals surface area contributed by atoms with Crippen LogP contribution in [0, 0.1) is 0 Å². The van der Waals surface area contributed by atoms with E-state index in [4.69, 9.17) is 0 Å². The van der Waals surface area contributed by atoms with Crippen LogP contribution >= 0.6 is 0 Å². The van der Waals surface area contributed by atoms with Gasteiger partial charge in [-0.25, -0.2) is 0 Å². The first-order valence-corrected chi connectivity index (χ1v) is 11.5. The molecule has 1 aliphatic carbocycles. The van der Waals surface area contributed by atoms with Crippen LogP contribution in [0.25, 0.3) is 11.1 Å². The molecule has 0 unspecified atom stereocenters. The van der Waals surface area contributed by atoms with E-state index in [9.17, 15) is 19.8 Å². The third kappa shape index (κ3) is 4.27. The van der Waals surface area contributed by atoms with Crippen molar-refractivity contribution >= 4 is 23.1 Å². The maximum absolute atomic E-state index is 12.7. The van der Waals surface area contributed by atoms with Crippen molar-refractivity contribution in [1.29, 1.82) is 0 Å². The zero-order valence-corrected chi connectivity index (χ0v) is 18.8. The van der Waals surface area contributed by atoms with Crippen molar-refractivity contribution in [2.75, 3.05) is 30.3 Å². The van der Waals surface area contributed by atoms with E-state index >= 15 is 0 Å². The summed E-state index contributed by atoms with van der Waals surface area (Å²) in [4.78, 5) is 27.4. The van der Waals surface area contributed by atoms with Gasteiger partial charge in [0, 0.05) is 41.5 Å². The average Bonchev–Trinajstić information content (AvgIpc) is 3.13. The maximum Gasteiger partial charge on any atom is 0.238 e. The Kier molecular flexibility index (Phi) is 6.04. The van der Waals surface area contributed by atoms with Crippen molar-refractivity contribution in [3.05, 3.63) is 77.4 Å². The number of benzene rings is 3. The van der Waals surface area contributed by atoms with Crippen LogP contribution < -0.4 is 10.6 Å². The molecule has 1 heterocycles. The molecule has 0 radical (unpaired) electrons. The van der Waals surface area contributed by atoms with Crippen molar-refractivity contribution < 1.29 is 19.8 Å². The molecule has 1 amide bonds. The number of likely N-dealkylation sites (tertiary alicyclic amines) is 1. The molecule has 3 aromatic carbocycles. The predicted octanol–water partition coefficient (Wildman–Crippen LogP) is 3.61. The number of ketones is 1. The number of aromatic hydroxyl groups is 1. The number of phenols is 1. The molecular formula is C27H27N3O4. The first-order valence-electron chi connectivity index (χ1n) is 11.5. The number of piperidine rings is 1. The number of nitrogens with one attached hydrogen (secondary N) is 2. The number of aliphatic hydroxyl groups is 1. The molecule has 1 saturated heterocycles. The third-order valence-electron chi connectivity index (χ3n) is 6.61. The van der Waals surface area contributed by atoms with Crippen molar-refractivity contribution in [2.45, 2.75) is 25.5 Å². The van der Waals surface area contributed by atoms with Crippen molar-refractivity contribution in [1.82, 2.24) is 4.90 Å². The fourth-order valence-electron chi connectivity index (χ4n) is 4.83. The minimum atomic E-state index is -0.141. The lowest BCUT2D eigenvalue weighted by Crippen LogP contribution is -2.42. The number of hydrogen-bond acceptors (Lipinski definition) is 6. The van der Waals surface area contributed by atoms with Gasteiger partial charge in [-0.1, -0.05) is 36.4 Å². The number of hydrogen-bond donors (Lipinski definition) is 4. The zero-order valence-electron chi connectivity index (χ0n) is 18.8. The standard InChI is InChI=1S/C27H27N3O4/c31-16-17-4-3-7-24(32)26(17)29-18-10-12-30(13-11-18)15-25(33)28-19-8-9-22-23(14-19)20-5-1-2-6-21(20)27(22)34/h1-9,14,18,29,31-32H,10-13,15-16H2,(H,28,33). The van der Waals surface area contributed by atoms with Gasteiger partial charge in [-0.05, 0) is 48.2 Å². The van der Waals surface area contributed by atoms with Gasteiger partial charge in [0.05, 0.1) is 18.8 Å². The molecule has 0 spiro atoms. The van der Waals surface area contributed by atoms with Gasteiger partial charge in [-0.15, -0.1) is 0 Å². The van der Waals surface area contributed by atoms with E-state index in [1.807, 2.05) is 30.3 Å². The lowest BCUT2D eigenvalue weighted by molar-refractivity contribution is -0.117. The Morgan fingerprint density at radius 3 is 2.44 bits per heavy atom. The summed E-state index contributed by atoms with van der Waals surface area (Å²) in [6.45, 7) is 1.65. The largest absolute Gasteiger partial charge is 0.506 e. The van der Waals surface area contributed by atoms with E-state index < -0.39 is 0 Å². The molecular weight excluding hydrogens is 430 g/mol. The molecule has 2 aliphatic rings. The van der Waals surface area contributed by atoms with Crippen LogP contribution in [-0.4, -0.2) is 52.5 Å². The van der Waals surface area contributed by atoms with Gasteiger partial charge in [0.15, 0.2) is 5.78 Å². The minimum absolute atomic E-state index is 0.0230. The Balaban J connectivity index is 1.17. The highest BCUT2D eigenvalue weighted by Gasteiger charge is 2.27. The van der Waals surface area contributed by atoms with E-state index in [0.29, 0.717) is 28.1 Å². The zero-order chi connectivity index (χ0) is 23.7. The van der Waals surface area contributed by atoms with E-state index in [1.165, 1.54) is 0 Å². The number of fused-ring (bicyclic) bond motifs is 3. The summed E-state index contributed by atoms with van der Waals surface area (Å²) in [7, 11) is 0. The SMILES string of the molecule is O=C(CN1CCC(Nc2c(O)cccc2CO)CC1)Nc1ccc2c(c1)-c1ccccc1C2=O. The van der Waals surface area contributed by atoms with Gasteiger partial charge in [0.2, 0.25) is 5.91 Å². The number of anilines is 2. The number of carbonyl (C=O) groups excluding carboxylic acids is 2. The number of amides is 1. The number of para-hydroxylation sites is 1. The molecule has 0 aromatic heterocycles. The highest BCUT2D eigenvalue weighted by Crippen LogP contribution is 2.37. The van der Waals surface area contributed by atoms with Crippen molar-refractivity contribution in [2.24, 2.45) is 0 Å². The highest BCUT2D eigenvalue weighted by molar-refractivity contribution is 6.22. The topological polar surface area (TPSA) is 102 Å². The Hall–Kier alpha value is -3.68. The predicted molar refractivity (Wildman–Crippen MR) is 131 cm³/mol. The number of phenolic OH excluding ortho intramolecular Hbond substituents is 1. The first kappa shape index (κ1) is 22.1. The van der Waals surface area contributed by atoms with Gasteiger partial charge in [-0.2, -0.15) is 0 Å². The molecule has 4 N–H and O–H groups in total. The van der Waals surface area contributed by atoms with Gasteiger partial charge < -0.3 is 20.8 Å². The van der Waals surface area contributed by atoms with E-state index in [2.05, 4.69) is 15.5 Å². The molecule has 0 bridgehead atoms. The summed E-state index contributed by atoms with van der Waals surface area (Å²) in [5.41, 5.74) is 5.06. The summed E-state index contributed by atoms with van der Waals surface area (Å²) in [6, 6.07) is 18.2. The molecule has 1 fully saturated rings. The number of carbonyl (C=O) groups is 2. The molecule has 7 nitrogen and oxygen atoms in total. The minimum Gasteiger partial charge on any atom is -0.506 e. The Morgan fingerprint density at radius 2 is 1.68 bits per heavy atom.